The molecule has 0 aliphatic carbocycles. The van der Waals surface area contributed by atoms with E-state index < -0.39 is 0 Å². The number of likely N-dealkylation sites (tertiary alicyclic amines) is 1. The molecule has 82 valence electrons. The van der Waals surface area contributed by atoms with Crippen molar-refractivity contribution in [2.45, 2.75) is 59.5 Å². The molecule has 0 aromatic rings. The number of hydrogen-bond acceptors (Lipinski definition) is 2. The van der Waals surface area contributed by atoms with Gasteiger partial charge >= 0.3 is 0 Å². The van der Waals surface area contributed by atoms with Crippen molar-refractivity contribution in [3.05, 3.63) is 0 Å². The van der Waals surface area contributed by atoms with Crippen molar-refractivity contribution in [3.63, 3.8) is 0 Å². The van der Waals surface area contributed by atoms with Crippen LogP contribution in [0.4, 0.5) is 0 Å². The SMILES string of the molecule is CC.CC.CC1CCC(CN)N1C. The fraction of sp³-hybridized carbons (Fsp3) is 1.00. The highest BCUT2D eigenvalue weighted by Crippen LogP contribution is 2.20. The number of hydrogen-bond donors (Lipinski definition) is 1. The van der Waals surface area contributed by atoms with Gasteiger partial charge in [0, 0.05) is 18.6 Å². The Balaban J connectivity index is 0. The van der Waals surface area contributed by atoms with Crippen molar-refractivity contribution in [2.24, 2.45) is 5.73 Å². The molecule has 0 spiro atoms. The minimum Gasteiger partial charge on any atom is -0.329 e. The Kier molecular flexibility index (Phi) is 11.8. The van der Waals surface area contributed by atoms with Crippen LogP contribution in [0.15, 0.2) is 0 Å². The lowest BCUT2D eigenvalue weighted by molar-refractivity contribution is 0.258. The van der Waals surface area contributed by atoms with Crippen molar-refractivity contribution in [1.82, 2.24) is 4.90 Å². The average molecular weight is 188 g/mol. The van der Waals surface area contributed by atoms with E-state index in [1.165, 1.54) is 12.8 Å². The van der Waals surface area contributed by atoms with E-state index in [0.717, 1.165) is 12.6 Å². The monoisotopic (exact) mass is 188 g/mol. The Hall–Kier alpha value is -0.0800. The Bertz CT molecular complexity index is 94.1. The molecule has 1 aliphatic rings. The molecule has 1 fully saturated rings. The Morgan fingerprint density at radius 1 is 1.15 bits per heavy atom. The summed E-state index contributed by atoms with van der Waals surface area (Å²) in [5, 5.41) is 0. The van der Waals surface area contributed by atoms with E-state index >= 15 is 0 Å². The molecule has 0 aromatic heterocycles. The van der Waals surface area contributed by atoms with Crippen LogP contribution in [0, 0.1) is 0 Å². The lowest BCUT2D eigenvalue weighted by Gasteiger charge is -2.21. The third-order valence-electron chi connectivity index (χ3n) is 2.46. The van der Waals surface area contributed by atoms with Gasteiger partial charge in [0.25, 0.3) is 0 Å². The molecule has 0 saturated carbocycles. The predicted octanol–water partition coefficient (Wildman–Crippen LogP) is 2.48. The van der Waals surface area contributed by atoms with Gasteiger partial charge in [0.15, 0.2) is 0 Å². The number of nitrogens with zero attached hydrogens (tertiary/aromatic N) is 1. The molecule has 2 N–H and O–H groups in total. The maximum absolute atomic E-state index is 5.54. The van der Waals surface area contributed by atoms with E-state index in [1.807, 2.05) is 27.7 Å². The largest absolute Gasteiger partial charge is 0.329 e. The van der Waals surface area contributed by atoms with Crippen LogP contribution < -0.4 is 5.73 Å². The minimum absolute atomic E-state index is 0.653. The van der Waals surface area contributed by atoms with Gasteiger partial charge in [0.05, 0.1) is 0 Å². The first-order valence-corrected chi connectivity index (χ1v) is 5.67. The summed E-state index contributed by atoms with van der Waals surface area (Å²) < 4.78 is 0. The topological polar surface area (TPSA) is 29.3 Å². The van der Waals surface area contributed by atoms with Gasteiger partial charge in [0.1, 0.15) is 0 Å². The summed E-state index contributed by atoms with van der Waals surface area (Å²) in [4.78, 5) is 2.38. The van der Waals surface area contributed by atoms with E-state index in [2.05, 4.69) is 18.9 Å². The number of nitrogens with two attached hydrogens (primary N) is 1. The van der Waals surface area contributed by atoms with Gasteiger partial charge in [-0.1, -0.05) is 27.7 Å². The van der Waals surface area contributed by atoms with Crippen LogP contribution in [0.25, 0.3) is 0 Å². The highest BCUT2D eigenvalue weighted by Gasteiger charge is 2.25. The smallest absolute Gasteiger partial charge is 0.0218 e. The summed E-state index contributed by atoms with van der Waals surface area (Å²) in [5.74, 6) is 0. The Labute approximate surface area is 84.5 Å². The minimum atomic E-state index is 0.653. The normalized spacial score (nSPS) is 27.0. The van der Waals surface area contributed by atoms with Crippen LogP contribution in [-0.4, -0.2) is 30.6 Å². The summed E-state index contributed by atoms with van der Waals surface area (Å²) in [5.41, 5.74) is 5.54. The predicted molar refractivity (Wildman–Crippen MR) is 62.0 cm³/mol. The van der Waals surface area contributed by atoms with Crippen LogP contribution in [0.2, 0.25) is 0 Å². The van der Waals surface area contributed by atoms with Crippen LogP contribution >= 0.6 is 0 Å². The first-order valence-electron chi connectivity index (χ1n) is 5.67. The molecular weight excluding hydrogens is 160 g/mol. The average Bonchev–Trinajstić information content (AvgIpc) is 2.54. The molecule has 2 heteroatoms. The molecule has 0 radical (unpaired) electrons. The van der Waals surface area contributed by atoms with Crippen molar-refractivity contribution >= 4 is 0 Å². The van der Waals surface area contributed by atoms with Crippen LogP contribution in [0.5, 0.6) is 0 Å². The van der Waals surface area contributed by atoms with Crippen LogP contribution in [-0.2, 0) is 0 Å². The second kappa shape index (κ2) is 10.0. The first-order chi connectivity index (χ1) is 6.25. The van der Waals surface area contributed by atoms with E-state index in [0.29, 0.717) is 6.04 Å². The van der Waals surface area contributed by atoms with Gasteiger partial charge < -0.3 is 5.73 Å². The zero-order valence-corrected chi connectivity index (χ0v) is 10.3. The summed E-state index contributed by atoms with van der Waals surface area (Å²) in [6.07, 6.45) is 2.60. The van der Waals surface area contributed by atoms with Crippen molar-refractivity contribution in [3.8, 4) is 0 Å². The molecule has 2 atom stereocenters. The second-order valence-corrected chi connectivity index (χ2v) is 2.98. The van der Waals surface area contributed by atoms with E-state index in [1.54, 1.807) is 0 Å². The molecular formula is C11H28N2. The van der Waals surface area contributed by atoms with Crippen LogP contribution in [0.3, 0.4) is 0 Å². The molecule has 2 nitrogen and oxygen atoms in total. The molecule has 2 unspecified atom stereocenters. The van der Waals surface area contributed by atoms with E-state index in [9.17, 15) is 0 Å². The summed E-state index contributed by atoms with van der Waals surface area (Å²) in [7, 11) is 2.16. The third-order valence-corrected chi connectivity index (χ3v) is 2.46. The van der Waals surface area contributed by atoms with E-state index in [-0.39, 0.29) is 0 Å². The third kappa shape index (κ3) is 5.27. The van der Waals surface area contributed by atoms with Crippen molar-refractivity contribution in [2.75, 3.05) is 13.6 Å². The summed E-state index contributed by atoms with van der Waals surface area (Å²) in [6.45, 7) is 11.1. The maximum atomic E-state index is 5.54. The van der Waals surface area contributed by atoms with Crippen LogP contribution in [0.1, 0.15) is 47.5 Å². The molecule has 1 heterocycles. The number of likely N-dealkylation sites (N-methyl/N-ethyl adjacent to an activating group) is 1. The highest BCUT2D eigenvalue weighted by atomic mass is 15.2. The van der Waals surface area contributed by atoms with Gasteiger partial charge in [-0.3, -0.25) is 4.90 Å². The fourth-order valence-corrected chi connectivity index (χ4v) is 1.48. The quantitative estimate of drug-likeness (QED) is 0.685. The van der Waals surface area contributed by atoms with Gasteiger partial charge in [-0.15, -0.1) is 0 Å². The lowest BCUT2D eigenvalue weighted by Crippen LogP contribution is -2.35. The second-order valence-electron chi connectivity index (χ2n) is 2.98. The molecule has 1 saturated heterocycles. The molecule has 0 aromatic carbocycles. The first kappa shape index (κ1) is 15.4. The zero-order valence-electron chi connectivity index (χ0n) is 10.3. The molecule has 13 heavy (non-hydrogen) atoms. The molecule has 0 amide bonds. The standard InChI is InChI=1S/C7H16N2.2C2H6/c1-6-3-4-7(5-8)9(6)2;2*1-2/h6-7H,3-5,8H2,1-2H3;2*1-2H3. The van der Waals surface area contributed by atoms with Gasteiger partial charge in [-0.05, 0) is 26.8 Å². The maximum Gasteiger partial charge on any atom is 0.0218 e. The van der Waals surface area contributed by atoms with Gasteiger partial charge in [-0.25, -0.2) is 0 Å². The Morgan fingerprint density at radius 3 is 1.77 bits per heavy atom. The highest BCUT2D eigenvalue weighted by molar-refractivity contribution is 4.82. The molecule has 0 bridgehead atoms. The lowest BCUT2D eigenvalue weighted by atomic mass is 10.2. The van der Waals surface area contributed by atoms with Gasteiger partial charge in [-0.2, -0.15) is 0 Å². The Morgan fingerprint density at radius 2 is 1.62 bits per heavy atom. The van der Waals surface area contributed by atoms with E-state index in [4.69, 9.17) is 5.73 Å². The summed E-state index contributed by atoms with van der Waals surface area (Å²) >= 11 is 0. The van der Waals surface area contributed by atoms with Crippen molar-refractivity contribution < 1.29 is 0 Å². The van der Waals surface area contributed by atoms with Gasteiger partial charge in [0.2, 0.25) is 0 Å². The summed E-state index contributed by atoms with van der Waals surface area (Å²) in [6, 6.07) is 1.40. The fourth-order valence-electron chi connectivity index (χ4n) is 1.48. The zero-order chi connectivity index (χ0) is 10.9. The molecule has 1 rings (SSSR count). The van der Waals surface area contributed by atoms with Crippen molar-refractivity contribution in [1.29, 1.82) is 0 Å². The number of rotatable bonds is 1. The molecule has 1 aliphatic heterocycles.